The minimum Gasteiger partial charge on any atom is -0.338 e. The number of benzene rings is 1. The molecular formula is C19H19F3N6O. The van der Waals surface area contributed by atoms with Gasteiger partial charge in [-0.1, -0.05) is 12.1 Å². The van der Waals surface area contributed by atoms with Gasteiger partial charge < -0.3 is 15.5 Å². The zero-order chi connectivity index (χ0) is 20.4. The molecule has 29 heavy (non-hydrogen) atoms. The summed E-state index contributed by atoms with van der Waals surface area (Å²) >= 11 is 0. The number of nitrogens with one attached hydrogen (secondary N) is 2. The number of anilines is 2. The summed E-state index contributed by atoms with van der Waals surface area (Å²) in [6.45, 7) is 3.22. The highest BCUT2D eigenvalue weighted by Gasteiger charge is 2.33. The number of nitrogens with zero attached hydrogens (tertiary/aromatic N) is 4. The molecule has 1 fully saturated rings. The van der Waals surface area contributed by atoms with E-state index >= 15 is 0 Å². The Morgan fingerprint density at radius 1 is 1.10 bits per heavy atom. The third-order valence-corrected chi connectivity index (χ3v) is 4.72. The molecule has 0 aliphatic carbocycles. The van der Waals surface area contributed by atoms with Gasteiger partial charge in [0, 0.05) is 19.6 Å². The summed E-state index contributed by atoms with van der Waals surface area (Å²) in [5, 5.41) is 10.1. The van der Waals surface area contributed by atoms with Crippen LogP contribution in [0.2, 0.25) is 0 Å². The maximum absolute atomic E-state index is 13.2. The molecular weight excluding hydrogens is 385 g/mol. The topological polar surface area (TPSA) is 74.6 Å². The fourth-order valence-electron chi connectivity index (χ4n) is 3.28. The molecule has 1 saturated heterocycles. The zero-order valence-electron chi connectivity index (χ0n) is 15.4. The summed E-state index contributed by atoms with van der Waals surface area (Å²) in [7, 11) is 0. The molecule has 0 radical (unpaired) electrons. The van der Waals surface area contributed by atoms with E-state index in [1.807, 2.05) is 4.90 Å². The van der Waals surface area contributed by atoms with E-state index in [-0.39, 0.29) is 11.4 Å². The number of alkyl halides is 3. The Balaban J connectivity index is 1.64. The van der Waals surface area contributed by atoms with E-state index in [0.717, 1.165) is 38.7 Å². The fourth-order valence-corrected chi connectivity index (χ4v) is 3.28. The third-order valence-electron chi connectivity index (χ3n) is 4.72. The Labute approximate surface area is 164 Å². The molecule has 4 rings (SSSR count). The summed E-state index contributed by atoms with van der Waals surface area (Å²) in [5.74, 6) is -0.203. The molecule has 0 bridgehead atoms. The van der Waals surface area contributed by atoms with Gasteiger partial charge in [0.05, 0.1) is 23.0 Å². The summed E-state index contributed by atoms with van der Waals surface area (Å²) in [6.07, 6.45) is -2.03. The van der Waals surface area contributed by atoms with E-state index in [1.54, 1.807) is 12.3 Å². The average molecular weight is 404 g/mol. The van der Waals surface area contributed by atoms with E-state index in [9.17, 15) is 18.0 Å². The van der Waals surface area contributed by atoms with Crippen LogP contribution in [-0.2, 0) is 6.18 Å². The van der Waals surface area contributed by atoms with Gasteiger partial charge in [0.2, 0.25) is 5.95 Å². The van der Waals surface area contributed by atoms with Gasteiger partial charge in [-0.15, -0.1) is 5.10 Å². The van der Waals surface area contributed by atoms with Crippen molar-refractivity contribution in [1.29, 1.82) is 0 Å². The van der Waals surface area contributed by atoms with E-state index < -0.39 is 17.6 Å². The fraction of sp³-hybridized carbons (Fsp3) is 0.316. The molecule has 0 unspecified atom stereocenters. The molecule has 7 nitrogen and oxygen atoms in total. The van der Waals surface area contributed by atoms with Crippen molar-refractivity contribution in [2.45, 2.75) is 12.6 Å². The van der Waals surface area contributed by atoms with Gasteiger partial charge in [-0.05, 0) is 37.2 Å². The second kappa shape index (κ2) is 7.70. The van der Waals surface area contributed by atoms with Crippen molar-refractivity contribution in [3.63, 3.8) is 0 Å². The number of rotatable bonds is 3. The molecule has 0 atom stereocenters. The van der Waals surface area contributed by atoms with E-state index in [2.05, 4.69) is 20.7 Å². The zero-order valence-corrected chi connectivity index (χ0v) is 15.4. The Morgan fingerprint density at radius 3 is 2.76 bits per heavy atom. The van der Waals surface area contributed by atoms with Gasteiger partial charge in [0.1, 0.15) is 5.69 Å². The van der Waals surface area contributed by atoms with Crippen LogP contribution in [0.25, 0.3) is 5.52 Å². The third kappa shape index (κ3) is 4.02. The van der Waals surface area contributed by atoms with Crippen molar-refractivity contribution in [2.24, 2.45) is 0 Å². The first-order chi connectivity index (χ1) is 13.9. The van der Waals surface area contributed by atoms with Gasteiger partial charge >= 0.3 is 6.18 Å². The second-order valence-corrected chi connectivity index (χ2v) is 6.70. The molecule has 1 amide bonds. The maximum Gasteiger partial charge on any atom is 0.418 e. The Hall–Kier alpha value is -3.14. The average Bonchev–Trinajstić information content (AvgIpc) is 2.92. The minimum absolute atomic E-state index is 0.133. The van der Waals surface area contributed by atoms with E-state index in [0.29, 0.717) is 11.5 Å². The maximum atomic E-state index is 13.2. The first-order valence-electron chi connectivity index (χ1n) is 9.21. The lowest BCUT2D eigenvalue weighted by molar-refractivity contribution is -0.136. The lowest BCUT2D eigenvalue weighted by atomic mass is 10.1. The summed E-state index contributed by atoms with van der Waals surface area (Å²) < 4.78 is 41.0. The molecule has 1 aromatic carbocycles. The highest BCUT2D eigenvalue weighted by Crippen LogP contribution is 2.34. The van der Waals surface area contributed by atoms with Crippen LogP contribution in [0.4, 0.5) is 24.8 Å². The number of fused-ring (bicyclic) bond motifs is 1. The highest BCUT2D eigenvalue weighted by molar-refractivity contribution is 6.04. The van der Waals surface area contributed by atoms with Crippen molar-refractivity contribution in [1.82, 2.24) is 19.9 Å². The second-order valence-electron chi connectivity index (χ2n) is 6.70. The van der Waals surface area contributed by atoms with Crippen LogP contribution in [0.1, 0.15) is 22.5 Å². The first-order valence-corrected chi connectivity index (χ1v) is 9.21. The predicted octanol–water partition coefficient (Wildman–Crippen LogP) is 2.80. The van der Waals surface area contributed by atoms with Gasteiger partial charge in [-0.25, -0.2) is 9.50 Å². The number of carbonyl (C=O) groups is 1. The van der Waals surface area contributed by atoms with Crippen LogP contribution >= 0.6 is 0 Å². The van der Waals surface area contributed by atoms with Gasteiger partial charge in [-0.3, -0.25) is 4.79 Å². The van der Waals surface area contributed by atoms with Crippen molar-refractivity contribution in [3.8, 4) is 0 Å². The number of halogens is 3. The van der Waals surface area contributed by atoms with Crippen LogP contribution in [0, 0.1) is 0 Å². The number of hydrogen-bond acceptors (Lipinski definition) is 5. The first kappa shape index (κ1) is 19.2. The number of aromatic nitrogens is 3. The van der Waals surface area contributed by atoms with Crippen LogP contribution in [-0.4, -0.2) is 46.7 Å². The standard InChI is InChI=1S/C19H19F3N6O/c20-19(21,22)14-4-1-2-5-15(14)25-17(29)16-7-6-13-12-24-18(26-28(13)16)27-10-3-8-23-9-11-27/h1-2,4-7,12,23H,3,8-11H2,(H,25,29). The normalized spacial score (nSPS) is 15.3. The lowest BCUT2D eigenvalue weighted by Crippen LogP contribution is -2.30. The van der Waals surface area contributed by atoms with Crippen molar-refractivity contribution in [2.75, 3.05) is 36.4 Å². The molecule has 152 valence electrons. The minimum atomic E-state index is -4.57. The van der Waals surface area contributed by atoms with Crippen LogP contribution < -0.4 is 15.5 Å². The van der Waals surface area contributed by atoms with Gasteiger partial charge in [0.15, 0.2) is 0 Å². The van der Waals surface area contributed by atoms with Gasteiger partial charge in [-0.2, -0.15) is 13.2 Å². The summed E-state index contributed by atoms with van der Waals surface area (Å²) in [5.41, 5.74) is -0.487. The molecule has 10 heteroatoms. The molecule has 3 heterocycles. The SMILES string of the molecule is O=C(Nc1ccccc1C(F)(F)F)c1ccc2cnc(N3CCCNCC3)nn12. The molecule has 2 aromatic heterocycles. The molecule has 0 spiro atoms. The Morgan fingerprint density at radius 2 is 1.93 bits per heavy atom. The van der Waals surface area contributed by atoms with E-state index in [1.165, 1.54) is 28.8 Å². The molecule has 1 aliphatic heterocycles. The van der Waals surface area contributed by atoms with Crippen molar-refractivity contribution in [3.05, 3.63) is 53.9 Å². The number of amides is 1. The molecule has 0 saturated carbocycles. The van der Waals surface area contributed by atoms with Crippen LogP contribution in [0.5, 0.6) is 0 Å². The molecule has 1 aliphatic rings. The largest absolute Gasteiger partial charge is 0.418 e. The van der Waals surface area contributed by atoms with E-state index in [4.69, 9.17) is 0 Å². The van der Waals surface area contributed by atoms with Crippen molar-refractivity contribution < 1.29 is 18.0 Å². The molecule has 3 aromatic rings. The number of hydrogen-bond donors (Lipinski definition) is 2. The van der Waals surface area contributed by atoms with Crippen LogP contribution in [0.15, 0.2) is 42.6 Å². The lowest BCUT2D eigenvalue weighted by Gasteiger charge is -2.19. The Bertz CT molecular complexity index is 1020. The number of para-hydroxylation sites is 1. The summed E-state index contributed by atoms with van der Waals surface area (Å²) in [6, 6.07) is 8.04. The smallest absolute Gasteiger partial charge is 0.338 e. The quantitative estimate of drug-likeness (QED) is 0.702. The van der Waals surface area contributed by atoms with Gasteiger partial charge in [0.25, 0.3) is 5.91 Å². The monoisotopic (exact) mass is 404 g/mol. The van der Waals surface area contributed by atoms with Crippen molar-refractivity contribution >= 4 is 23.1 Å². The number of carbonyl (C=O) groups excluding carboxylic acids is 1. The predicted molar refractivity (Wildman–Crippen MR) is 102 cm³/mol. The highest BCUT2D eigenvalue weighted by atomic mass is 19.4. The molecule has 2 N–H and O–H groups in total. The van der Waals surface area contributed by atoms with Crippen LogP contribution in [0.3, 0.4) is 0 Å². The summed E-state index contributed by atoms with van der Waals surface area (Å²) in [4.78, 5) is 19.1. The Kier molecular flexibility index (Phi) is 5.10.